The molecule has 0 bridgehead atoms. The first-order chi connectivity index (χ1) is 14.8. The number of ether oxygens (including phenoxy) is 1. The summed E-state index contributed by atoms with van der Waals surface area (Å²) in [5.41, 5.74) is 6.72. The Morgan fingerprint density at radius 3 is 2.55 bits per heavy atom. The van der Waals surface area contributed by atoms with Crippen LogP contribution in [-0.2, 0) is 14.8 Å². The lowest BCUT2D eigenvalue weighted by atomic mass is 10.2. The molecule has 1 aliphatic heterocycles. The van der Waals surface area contributed by atoms with E-state index in [4.69, 9.17) is 10.5 Å². The highest BCUT2D eigenvalue weighted by Gasteiger charge is 2.26. The van der Waals surface area contributed by atoms with Crippen LogP contribution < -0.4 is 15.8 Å². The van der Waals surface area contributed by atoms with E-state index in [0.717, 1.165) is 37.4 Å². The molecule has 1 saturated heterocycles. The van der Waals surface area contributed by atoms with Gasteiger partial charge in [0.15, 0.2) is 5.16 Å². The van der Waals surface area contributed by atoms with E-state index in [0.29, 0.717) is 41.2 Å². The number of sulfonamides is 1. The number of benzene rings is 1. The number of nitrogens with one attached hydrogen (secondary N) is 1. The van der Waals surface area contributed by atoms with E-state index in [1.54, 1.807) is 19.1 Å². The molecule has 3 N–H and O–H groups in total. The first-order valence-electron chi connectivity index (χ1n) is 10.0. The molecule has 0 radical (unpaired) electrons. The van der Waals surface area contributed by atoms with E-state index in [9.17, 15) is 13.2 Å². The van der Waals surface area contributed by atoms with Crippen LogP contribution in [0.25, 0.3) is 0 Å². The Balaban J connectivity index is 1.74. The number of methoxy groups -OCH3 is 1. The van der Waals surface area contributed by atoms with Crippen molar-refractivity contribution < 1.29 is 17.9 Å². The zero-order valence-electron chi connectivity index (χ0n) is 17.6. The number of thioether (sulfide) groups is 1. The Morgan fingerprint density at radius 2 is 1.90 bits per heavy atom. The van der Waals surface area contributed by atoms with E-state index < -0.39 is 10.0 Å². The van der Waals surface area contributed by atoms with Crippen LogP contribution in [0.15, 0.2) is 34.3 Å². The molecule has 3 rings (SSSR count). The van der Waals surface area contributed by atoms with Gasteiger partial charge in [-0.05, 0) is 38.0 Å². The van der Waals surface area contributed by atoms with Crippen molar-refractivity contribution in [3.05, 3.63) is 30.0 Å². The molecule has 0 saturated carbocycles. The van der Waals surface area contributed by atoms with Crippen LogP contribution in [0.4, 0.5) is 11.5 Å². The summed E-state index contributed by atoms with van der Waals surface area (Å²) in [5.74, 6) is 0.416. The lowest BCUT2D eigenvalue weighted by molar-refractivity contribution is -0.113. The van der Waals surface area contributed by atoms with E-state index in [-0.39, 0.29) is 16.6 Å². The van der Waals surface area contributed by atoms with Crippen LogP contribution in [0.1, 0.15) is 31.4 Å². The summed E-state index contributed by atoms with van der Waals surface area (Å²) in [6.07, 6.45) is 3.76. The number of carbonyl (C=O) groups excluding carboxylic acids is 1. The molecule has 0 spiro atoms. The van der Waals surface area contributed by atoms with Crippen LogP contribution in [0, 0.1) is 6.92 Å². The lowest BCUT2D eigenvalue weighted by Gasteiger charge is -2.21. The van der Waals surface area contributed by atoms with Crippen molar-refractivity contribution in [2.45, 2.75) is 42.7 Å². The summed E-state index contributed by atoms with van der Waals surface area (Å²) in [7, 11) is -2.18. The molecule has 2 aromatic rings. The van der Waals surface area contributed by atoms with Gasteiger partial charge < -0.3 is 15.8 Å². The smallest absolute Gasteiger partial charge is 0.243 e. The Morgan fingerprint density at radius 1 is 1.19 bits per heavy atom. The third-order valence-corrected chi connectivity index (χ3v) is 7.58. The van der Waals surface area contributed by atoms with Gasteiger partial charge in [0.2, 0.25) is 15.9 Å². The molecule has 1 aromatic heterocycles. The van der Waals surface area contributed by atoms with Crippen molar-refractivity contribution in [2.75, 3.05) is 37.0 Å². The van der Waals surface area contributed by atoms with Gasteiger partial charge in [0.25, 0.3) is 0 Å². The molecular weight excluding hydrogens is 438 g/mol. The predicted molar refractivity (Wildman–Crippen MR) is 121 cm³/mol. The van der Waals surface area contributed by atoms with Gasteiger partial charge in [-0.2, -0.15) is 4.31 Å². The second kappa shape index (κ2) is 10.3. The molecule has 168 valence electrons. The number of rotatable bonds is 7. The number of nitrogen functional groups attached to an aromatic ring is 1. The topological polar surface area (TPSA) is 128 Å². The number of hydrogen-bond donors (Lipinski definition) is 2. The van der Waals surface area contributed by atoms with Crippen molar-refractivity contribution in [2.24, 2.45) is 0 Å². The van der Waals surface area contributed by atoms with E-state index in [1.165, 1.54) is 23.5 Å². The number of anilines is 2. The number of nitrogens with zero attached hydrogens (tertiary/aromatic N) is 3. The van der Waals surface area contributed by atoms with Gasteiger partial charge in [0, 0.05) is 24.8 Å². The number of hydrogen-bond acceptors (Lipinski definition) is 8. The second-order valence-electron chi connectivity index (χ2n) is 7.23. The molecule has 2 heterocycles. The van der Waals surface area contributed by atoms with Crippen LogP contribution >= 0.6 is 11.8 Å². The third-order valence-electron chi connectivity index (χ3n) is 4.83. The Bertz CT molecular complexity index is 1020. The van der Waals surface area contributed by atoms with Crippen molar-refractivity contribution in [3.8, 4) is 5.75 Å². The Kier molecular flexibility index (Phi) is 7.74. The largest absolute Gasteiger partial charge is 0.495 e. The molecule has 1 aliphatic rings. The van der Waals surface area contributed by atoms with Crippen LogP contribution in [0.2, 0.25) is 0 Å². The number of nitrogens with two attached hydrogens (primary N) is 1. The van der Waals surface area contributed by atoms with E-state index >= 15 is 0 Å². The lowest BCUT2D eigenvalue weighted by Crippen LogP contribution is -2.32. The van der Waals surface area contributed by atoms with Crippen molar-refractivity contribution in [1.29, 1.82) is 0 Å². The summed E-state index contributed by atoms with van der Waals surface area (Å²) < 4.78 is 33.0. The molecule has 9 nitrogen and oxygen atoms in total. The standard InChI is InChI=1S/C20H27N5O4S2/c1-14-11-18(21)24-20(22-14)30-13-19(26)23-16-12-15(7-8-17(16)29-2)31(27,28)25-9-5-3-4-6-10-25/h7-8,11-12H,3-6,9-10,13H2,1-2H3,(H,23,26)(H2,21,22,24). The Labute approximate surface area is 186 Å². The minimum absolute atomic E-state index is 0.0369. The van der Waals surface area contributed by atoms with Crippen LogP contribution in [0.3, 0.4) is 0 Å². The molecule has 0 atom stereocenters. The first-order valence-corrected chi connectivity index (χ1v) is 12.4. The van der Waals surface area contributed by atoms with Gasteiger partial charge in [-0.25, -0.2) is 18.4 Å². The summed E-state index contributed by atoms with van der Waals surface area (Å²) in [6.45, 7) is 2.81. The van der Waals surface area contributed by atoms with Gasteiger partial charge in [-0.3, -0.25) is 4.79 Å². The van der Waals surface area contributed by atoms with Crippen LogP contribution in [0.5, 0.6) is 5.75 Å². The molecule has 0 aliphatic carbocycles. The quantitative estimate of drug-likeness (QED) is 0.472. The monoisotopic (exact) mass is 465 g/mol. The van der Waals surface area contributed by atoms with E-state index in [1.807, 2.05) is 0 Å². The van der Waals surface area contributed by atoms with Gasteiger partial charge in [0.1, 0.15) is 11.6 Å². The predicted octanol–water partition coefficient (Wildman–Crippen LogP) is 2.67. The number of amides is 1. The fourth-order valence-corrected chi connectivity index (χ4v) is 5.58. The van der Waals surface area contributed by atoms with Crippen LogP contribution in [-0.4, -0.2) is 54.6 Å². The summed E-state index contributed by atoms with van der Waals surface area (Å²) in [4.78, 5) is 21.0. The minimum Gasteiger partial charge on any atom is -0.495 e. The van der Waals surface area contributed by atoms with Gasteiger partial charge in [0.05, 0.1) is 23.4 Å². The zero-order valence-corrected chi connectivity index (χ0v) is 19.3. The molecule has 1 fully saturated rings. The van der Waals surface area contributed by atoms with Gasteiger partial charge in [-0.15, -0.1) is 0 Å². The van der Waals surface area contributed by atoms with Crippen molar-refractivity contribution in [3.63, 3.8) is 0 Å². The fourth-order valence-electron chi connectivity index (χ4n) is 3.32. The second-order valence-corrected chi connectivity index (χ2v) is 10.1. The highest BCUT2D eigenvalue weighted by atomic mass is 32.2. The van der Waals surface area contributed by atoms with Crippen molar-refractivity contribution >= 4 is 39.2 Å². The molecule has 11 heteroatoms. The SMILES string of the molecule is COc1ccc(S(=O)(=O)N2CCCCCC2)cc1NC(=O)CSc1nc(C)cc(N)n1. The normalized spacial score (nSPS) is 15.3. The maximum Gasteiger partial charge on any atom is 0.243 e. The average molecular weight is 466 g/mol. The van der Waals surface area contributed by atoms with Gasteiger partial charge >= 0.3 is 0 Å². The molecular formula is C20H27N5O4S2. The zero-order chi connectivity index (χ0) is 22.4. The minimum atomic E-state index is -3.65. The third kappa shape index (κ3) is 6.08. The maximum atomic E-state index is 13.1. The summed E-state index contributed by atoms with van der Waals surface area (Å²) in [5, 5.41) is 3.13. The van der Waals surface area contributed by atoms with Gasteiger partial charge in [-0.1, -0.05) is 24.6 Å². The summed E-state index contributed by atoms with van der Waals surface area (Å²) in [6, 6.07) is 6.15. The highest BCUT2D eigenvalue weighted by molar-refractivity contribution is 7.99. The number of aromatic nitrogens is 2. The summed E-state index contributed by atoms with van der Waals surface area (Å²) >= 11 is 1.14. The number of aryl methyl sites for hydroxylation is 1. The fraction of sp³-hybridized carbons (Fsp3) is 0.450. The first kappa shape index (κ1) is 23.3. The molecule has 1 aromatic carbocycles. The number of carbonyl (C=O) groups is 1. The average Bonchev–Trinajstić information content (AvgIpc) is 3.02. The Hall–Kier alpha value is -2.37. The highest BCUT2D eigenvalue weighted by Crippen LogP contribution is 2.30. The molecule has 0 unspecified atom stereocenters. The molecule has 1 amide bonds. The van der Waals surface area contributed by atoms with Crippen molar-refractivity contribution in [1.82, 2.24) is 14.3 Å². The van der Waals surface area contributed by atoms with E-state index in [2.05, 4.69) is 15.3 Å². The maximum absolute atomic E-state index is 13.1. The molecule has 31 heavy (non-hydrogen) atoms.